The Morgan fingerprint density at radius 1 is 1.26 bits per heavy atom. The fourth-order valence-corrected chi connectivity index (χ4v) is 1.39. The van der Waals surface area contributed by atoms with Crippen LogP contribution in [0.5, 0.6) is 11.5 Å². The maximum absolute atomic E-state index is 11.2. The molecule has 0 radical (unpaired) electrons. The summed E-state index contributed by atoms with van der Waals surface area (Å²) < 4.78 is 20.2. The number of hydrogen-bond acceptors (Lipinski definition) is 5. The van der Waals surface area contributed by atoms with E-state index in [4.69, 9.17) is 18.9 Å². The second-order valence-electron chi connectivity index (χ2n) is 3.55. The molecule has 0 N–H and O–H groups in total. The summed E-state index contributed by atoms with van der Waals surface area (Å²) in [5.41, 5.74) is 0.806. The number of esters is 1. The summed E-state index contributed by atoms with van der Waals surface area (Å²) >= 11 is 0. The molecule has 0 aliphatic heterocycles. The first-order chi connectivity index (χ1) is 9.21. The first kappa shape index (κ1) is 15.0. The highest BCUT2D eigenvalue weighted by Gasteiger charge is 2.05. The molecule has 0 bridgehead atoms. The molecule has 104 valence electrons. The third-order valence-corrected chi connectivity index (χ3v) is 2.22. The molecule has 0 amide bonds. The van der Waals surface area contributed by atoms with Gasteiger partial charge in [-0.3, -0.25) is 0 Å². The average molecular weight is 266 g/mol. The number of carbonyl (C=O) groups excluding carboxylic acids is 1. The Labute approximate surface area is 112 Å². The fraction of sp³-hybridized carbons (Fsp3) is 0.357. The van der Waals surface area contributed by atoms with Gasteiger partial charge in [0.2, 0.25) is 0 Å². The number of carbonyl (C=O) groups is 1. The van der Waals surface area contributed by atoms with Gasteiger partial charge in [0.1, 0.15) is 0 Å². The van der Waals surface area contributed by atoms with Gasteiger partial charge in [0.15, 0.2) is 18.3 Å². The van der Waals surface area contributed by atoms with Crippen LogP contribution in [0.4, 0.5) is 0 Å². The minimum atomic E-state index is -0.377. The van der Waals surface area contributed by atoms with Gasteiger partial charge in [0.25, 0.3) is 0 Å². The maximum atomic E-state index is 11.2. The van der Waals surface area contributed by atoms with Crippen LogP contribution in [0, 0.1) is 0 Å². The van der Waals surface area contributed by atoms with E-state index >= 15 is 0 Å². The lowest BCUT2D eigenvalue weighted by atomic mass is 10.2. The number of rotatable bonds is 7. The summed E-state index contributed by atoms with van der Waals surface area (Å²) in [6.45, 7) is 2.24. The first-order valence-corrected chi connectivity index (χ1v) is 5.85. The highest BCUT2D eigenvalue weighted by molar-refractivity contribution is 5.87. The topological polar surface area (TPSA) is 54.0 Å². The van der Waals surface area contributed by atoms with Gasteiger partial charge in [-0.25, -0.2) is 4.79 Å². The van der Waals surface area contributed by atoms with Crippen LogP contribution in [0.15, 0.2) is 24.3 Å². The van der Waals surface area contributed by atoms with Gasteiger partial charge in [-0.15, -0.1) is 0 Å². The van der Waals surface area contributed by atoms with Gasteiger partial charge in [-0.2, -0.15) is 0 Å². The van der Waals surface area contributed by atoms with Crippen LogP contribution in [0.2, 0.25) is 0 Å². The molecule has 0 saturated carbocycles. The molecule has 0 aliphatic rings. The van der Waals surface area contributed by atoms with E-state index in [2.05, 4.69) is 0 Å². The van der Waals surface area contributed by atoms with Crippen LogP contribution in [-0.4, -0.2) is 33.6 Å². The SMILES string of the molecule is CCOC(=O)/C=C\c1ccc(OC)c(OCOC)c1. The van der Waals surface area contributed by atoms with Crippen molar-refractivity contribution in [2.75, 3.05) is 27.6 Å². The minimum Gasteiger partial charge on any atom is -0.493 e. The third kappa shape index (κ3) is 5.01. The van der Waals surface area contributed by atoms with E-state index < -0.39 is 0 Å². The van der Waals surface area contributed by atoms with Crippen molar-refractivity contribution in [1.29, 1.82) is 0 Å². The Morgan fingerprint density at radius 2 is 2.05 bits per heavy atom. The van der Waals surface area contributed by atoms with Crippen LogP contribution in [-0.2, 0) is 14.3 Å². The van der Waals surface area contributed by atoms with Crippen LogP contribution in [0.1, 0.15) is 12.5 Å². The molecule has 0 heterocycles. The number of methoxy groups -OCH3 is 2. The second-order valence-corrected chi connectivity index (χ2v) is 3.55. The standard InChI is InChI=1S/C14H18O5/c1-4-18-14(15)8-6-11-5-7-12(17-3)13(9-11)19-10-16-2/h5-9H,4,10H2,1-3H3/b8-6-. The van der Waals surface area contributed by atoms with Crippen molar-refractivity contribution < 1.29 is 23.7 Å². The minimum absolute atomic E-state index is 0.126. The zero-order valence-corrected chi connectivity index (χ0v) is 11.3. The highest BCUT2D eigenvalue weighted by atomic mass is 16.7. The van der Waals surface area contributed by atoms with Crippen molar-refractivity contribution in [3.8, 4) is 11.5 Å². The third-order valence-electron chi connectivity index (χ3n) is 2.22. The van der Waals surface area contributed by atoms with Crippen molar-refractivity contribution in [2.24, 2.45) is 0 Å². The Hall–Kier alpha value is -2.01. The van der Waals surface area contributed by atoms with E-state index in [-0.39, 0.29) is 12.8 Å². The Kier molecular flexibility index (Phi) is 6.46. The zero-order valence-electron chi connectivity index (χ0n) is 11.3. The molecule has 0 atom stereocenters. The maximum Gasteiger partial charge on any atom is 0.330 e. The first-order valence-electron chi connectivity index (χ1n) is 5.85. The Bertz CT molecular complexity index is 439. The van der Waals surface area contributed by atoms with E-state index in [0.29, 0.717) is 18.1 Å². The smallest absolute Gasteiger partial charge is 0.330 e. The van der Waals surface area contributed by atoms with Gasteiger partial charge in [-0.1, -0.05) is 6.07 Å². The van der Waals surface area contributed by atoms with Crippen molar-refractivity contribution in [3.05, 3.63) is 29.8 Å². The molecule has 0 saturated heterocycles. The summed E-state index contributed by atoms with van der Waals surface area (Å²) in [7, 11) is 3.10. The summed E-state index contributed by atoms with van der Waals surface area (Å²) in [5, 5.41) is 0. The normalized spacial score (nSPS) is 10.5. The molecule has 0 aromatic heterocycles. The summed E-state index contributed by atoms with van der Waals surface area (Å²) in [6, 6.07) is 5.33. The van der Waals surface area contributed by atoms with Crippen LogP contribution in [0.25, 0.3) is 6.08 Å². The molecule has 0 unspecified atom stereocenters. The van der Waals surface area contributed by atoms with Crippen molar-refractivity contribution in [2.45, 2.75) is 6.92 Å². The van der Waals surface area contributed by atoms with Gasteiger partial charge >= 0.3 is 5.97 Å². The summed E-state index contributed by atoms with van der Waals surface area (Å²) in [4.78, 5) is 11.2. The van der Waals surface area contributed by atoms with Gasteiger partial charge in [-0.05, 0) is 30.7 Å². The fourth-order valence-electron chi connectivity index (χ4n) is 1.39. The molecular weight excluding hydrogens is 248 g/mol. The van der Waals surface area contributed by atoms with Crippen LogP contribution >= 0.6 is 0 Å². The molecule has 5 heteroatoms. The number of benzene rings is 1. The van der Waals surface area contributed by atoms with E-state index in [1.165, 1.54) is 13.2 Å². The molecule has 0 fully saturated rings. The van der Waals surface area contributed by atoms with E-state index in [9.17, 15) is 4.79 Å². The van der Waals surface area contributed by atoms with Gasteiger partial charge in [0, 0.05) is 13.2 Å². The van der Waals surface area contributed by atoms with Crippen molar-refractivity contribution >= 4 is 12.0 Å². The zero-order chi connectivity index (χ0) is 14.1. The average Bonchev–Trinajstić information content (AvgIpc) is 2.43. The Morgan fingerprint density at radius 3 is 2.68 bits per heavy atom. The monoisotopic (exact) mass is 266 g/mol. The highest BCUT2D eigenvalue weighted by Crippen LogP contribution is 2.28. The molecule has 1 rings (SSSR count). The van der Waals surface area contributed by atoms with Gasteiger partial charge < -0.3 is 18.9 Å². The Balaban J connectivity index is 2.82. The molecule has 1 aromatic carbocycles. The molecule has 1 aromatic rings. The molecular formula is C14H18O5. The van der Waals surface area contributed by atoms with Crippen LogP contribution < -0.4 is 9.47 Å². The van der Waals surface area contributed by atoms with Crippen molar-refractivity contribution in [1.82, 2.24) is 0 Å². The summed E-state index contributed by atoms with van der Waals surface area (Å²) in [6.07, 6.45) is 3.02. The van der Waals surface area contributed by atoms with Crippen molar-refractivity contribution in [3.63, 3.8) is 0 Å². The van der Waals surface area contributed by atoms with E-state index in [0.717, 1.165) is 5.56 Å². The quantitative estimate of drug-likeness (QED) is 0.430. The predicted molar refractivity (Wildman–Crippen MR) is 71.2 cm³/mol. The van der Waals surface area contributed by atoms with Gasteiger partial charge in [0.05, 0.1) is 13.7 Å². The lowest BCUT2D eigenvalue weighted by molar-refractivity contribution is -0.137. The second kappa shape index (κ2) is 8.16. The largest absolute Gasteiger partial charge is 0.493 e. The number of ether oxygens (including phenoxy) is 4. The number of hydrogen-bond donors (Lipinski definition) is 0. The lowest BCUT2D eigenvalue weighted by Gasteiger charge is -2.10. The lowest BCUT2D eigenvalue weighted by Crippen LogP contribution is -2.01. The summed E-state index contributed by atoms with van der Waals surface area (Å²) in [5.74, 6) is 0.776. The van der Waals surface area contributed by atoms with E-state index in [1.807, 2.05) is 6.07 Å². The predicted octanol–water partition coefficient (Wildman–Crippen LogP) is 2.25. The molecule has 5 nitrogen and oxygen atoms in total. The molecule has 0 aliphatic carbocycles. The van der Waals surface area contributed by atoms with Crippen LogP contribution in [0.3, 0.4) is 0 Å². The molecule has 0 spiro atoms. The molecule has 19 heavy (non-hydrogen) atoms. The van der Waals surface area contributed by atoms with E-state index in [1.54, 1.807) is 32.2 Å².